The fraction of sp³-hybridized carbons (Fsp3) is 0.444. The minimum Gasteiger partial charge on any atom is -0.447 e. The van der Waals surface area contributed by atoms with Crippen molar-refractivity contribution >= 4 is 21.8 Å². The van der Waals surface area contributed by atoms with Gasteiger partial charge in [0.05, 0.1) is 24.1 Å². The van der Waals surface area contributed by atoms with Gasteiger partial charge in [-0.2, -0.15) is 15.8 Å². The van der Waals surface area contributed by atoms with Gasteiger partial charge in [0.25, 0.3) is 0 Å². The van der Waals surface area contributed by atoms with Crippen molar-refractivity contribution in [3.8, 4) is 18.2 Å². The largest absolute Gasteiger partial charge is 0.447 e. The average Bonchev–Trinajstić information content (AvgIpc) is 2.78. The zero-order valence-corrected chi connectivity index (χ0v) is 15.3. The minimum absolute atomic E-state index is 0.370. The second kappa shape index (κ2) is 5.56. The topological polar surface area (TPSA) is 114 Å². The molecule has 4 unspecified atom stereocenters. The smallest absolute Gasteiger partial charge is 0.217 e. The van der Waals surface area contributed by atoms with Crippen LogP contribution in [0.2, 0.25) is 0 Å². The highest BCUT2D eigenvalue weighted by atomic mass is 79.9. The van der Waals surface area contributed by atoms with Crippen LogP contribution >= 0.6 is 15.9 Å². The van der Waals surface area contributed by atoms with E-state index in [2.05, 4.69) is 22.0 Å². The van der Waals surface area contributed by atoms with Crippen LogP contribution in [0.5, 0.6) is 0 Å². The molecule has 2 heterocycles. The Hall–Kier alpha value is -2.40. The van der Waals surface area contributed by atoms with Crippen LogP contribution in [0.1, 0.15) is 31.9 Å². The van der Waals surface area contributed by atoms with Crippen molar-refractivity contribution in [1.29, 1.82) is 21.2 Å². The molecule has 1 aromatic carbocycles. The Labute approximate surface area is 154 Å². The van der Waals surface area contributed by atoms with Crippen LogP contribution in [0.3, 0.4) is 0 Å². The highest BCUT2D eigenvalue weighted by molar-refractivity contribution is 9.10. The Morgan fingerprint density at radius 1 is 1.24 bits per heavy atom. The molecule has 1 N–H and O–H groups in total. The zero-order valence-electron chi connectivity index (χ0n) is 13.7. The van der Waals surface area contributed by atoms with E-state index in [4.69, 9.17) is 14.9 Å². The molecule has 1 aromatic rings. The first-order chi connectivity index (χ1) is 11.9. The summed E-state index contributed by atoms with van der Waals surface area (Å²) >= 11 is 3.38. The molecule has 4 atom stereocenters. The molecule has 0 amide bonds. The molecule has 2 bridgehead atoms. The molecular weight excluding hydrogens is 384 g/mol. The van der Waals surface area contributed by atoms with Crippen LogP contribution in [0.15, 0.2) is 28.7 Å². The van der Waals surface area contributed by atoms with E-state index in [0.717, 1.165) is 4.47 Å². The number of fused-ring (bicyclic) bond motifs is 2. The van der Waals surface area contributed by atoms with E-state index in [-0.39, 0.29) is 5.90 Å². The van der Waals surface area contributed by atoms with Gasteiger partial charge in [-0.05, 0) is 17.7 Å². The third-order valence-electron chi connectivity index (χ3n) is 5.45. The molecule has 0 aromatic heterocycles. The molecular formula is C18H15BrN4O2. The van der Waals surface area contributed by atoms with Crippen molar-refractivity contribution in [2.45, 2.75) is 32.2 Å². The van der Waals surface area contributed by atoms with Crippen LogP contribution in [-0.2, 0) is 9.47 Å². The van der Waals surface area contributed by atoms with Gasteiger partial charge in [0.2, 0.25) is 17.1 Å². The Kier molecular flexibility index (Phi) is 3.88. The van der Waals surface area contributed by atoms with Gasteiger partial charge in [-0.25, -0.2) is 0 Å². The van der Waals surface area contributed by atoms with Gasteiger partial charge in [0.1, 0.15) is 6.10 Å². The summed E-state index contributed by atoms with van der Waals surface area (Å²) in [5.74, 6) is -2.22. The maximum Gasteiger partial charge on any atom is 0.217 e. The Morgan fingerprint density at radius 2 is 1.92 bits per heavy atom. The molecule has 2 aliphatic rings. The fourth-order valence-electron chi connectivity index (χ4n) is 4.01. The zero-order chi connectivity index (χ0) is 18.5. The lowest BCUT2D eigenvalue weighted by Gasteiger charge is -2.48. The van der Waals surface area contributed by atoms with Gasteiger partial charge < -0.3 is 9.47 Å². The lowest BCUT2D eigenvalue weighted by Crippen LogP contribution is -2.58. The summed E-state index contributed by atoms with van der Waals surface area (Å²) < 4.78 is 12.6. The first-order valence-electron chi connectivity index (χ1n) is 7.82. The second-order valence-corrected chi connectivity index (χ2v) is 7.24. The average molecular weight is 399 g/mol. The lowest BCUT2D eigenvalue weighted by atomic mass is 9.53. The van der Waals surface area contributed by atoms with Gasteiger partial charge >= 0.3 is 0 Å². The minimum atomic E-state index is -1.89. The Bertz CT molecular complexity index is 866. The molecule has 0 radical (unpaired) electrons. The molecule has 25 heavy (non-hydrogen) atoms. The predicted molar refractivity (Wildman–Crippen MR) is 90.7 cm³/mol. The summed E-state index contributed by atoms with van der Waals surface area (Å²) in [4.78, 5) is 0. The molecule has 2 aliphatic heterocycles. The quantitative estimate of drug-likeness (QED) is 0.812. The monoisotopic (exact) mass is 398 g/mol. The van der Waals surface area contributed by atoms with Crippen molar-refractivity contribution in [1.82, 2.24) is 0 Å². The number of nitrogens with zero attached hydrogens (tertiary/aromatic N) is 3. The van der Waals surface area contributed by atoms with Crippen molar-refractivity contribution in [2.75, 3.05) is 0 Å². The number of rotatable bonds is 2. The number of ether oxygens (including phenoxy) is 2. The molecule has 126 valence electrons. The summed E-state index contributed by atoms with van der Waals surface area (Å²) in [5, 5.41) is 38.3. The van der Waals surface area contributed by atoms with Crippen molar-refractivity contribution in [3.05, 3.63) is 34.3 Å². The molecule has 0 saturated carbocycles. The van der Waals surface area contributed by atoms with Gasteiger partial charge in [0.15, 0.2) is 5.41 Å². The number of hydrogen-bond acceptors (Lipinski definition) is 6. The van der Waals surface area contributed by atoms with Gasteiger partial charge in [-0.3, -0.25) is 5.41 Å². The van der Waals surface area contributed by atoms with E-state index in [9.17, 15) is 15.8 Å². The van der Waals surface area contributed by atoms with Gasteiger partial charge in [-0.15, -0.1) is 0 Å². The normalized spacial score (nSPS) is 35.1. The van der Waals surface area contributed by atoms with E-state index >= 15 is 0 Å². The summed E-state index contributed by atoms with van der Waals surface area (Å²) in [5.41, 5.74) is -3.01. The number of nitrogens with one attached hydrogen (secondary N) is 1. The standard InChI is InChI=1S/C18H15BrN4O2/c1-3-18-11(2)17(10-22,15(23)25-18)16(8-20,9-21)14(24-18)12-5-4-6-13(19)7-12/h4-7,11,14,23H,3H2,1-2H3. The summed E-state index contributed by atoms with van der Waals surface area (Å²) in [6.45, 7) is 3.54. The maximum absolute atomic E-state index is 10.00. The first-order valence-corrected chi connectivity index (χ1v) is 8.61. The fourth-order valence-corrected chi connectivity index (χ4v) is 4.43. The Balaban J connectivity index is 2.35. The third kappa shape index (κ3) is 1.87. The number of hydrogen-bond donors (Lipinski definition) is 1. The van der Waals surface area contributed by atoms with Crippen molar-refractivity contribution < 1.29 is 9.47 Å². The second-order valence-electron chi connectivity index (χ2n) is 6.32. The summed E-state index contributed by atoms with van der Waals surface area (Å²) in [7, 11) is 0. The SMILES string of the molecule is CCC12OC(=N)C(C#N)(C1C)C(C#N)(C#N)C(c1cccc(Br)c1)O2. The van der Waals surface area contributed by atoms with Crippen LogP contribution in [0.25, 0.3) is 0 Å². The third-order valence-corrected chi connectivity index (χ3v) is 5.94. The van der Waals surface area contributed by atoms with Crippen molar-refractivity contribution in [3.63, 3.8) is 0 Å². The first kappa shape index (κ1) is 17.4. The highest BCUT2D eigenvalue weighted by Crippen LogP contribution is 2.67. The maximum atomic E-state index is 10.00. The molecule has 2 saturated heterocycles. The van der Waals surface area contributed by atoms with Gasteiger partial charge in [0, 0.05) is 10.9 Å². The number of nitriles is 3. The summed E-state index contributed by atoms with van der Waals surface area (Å²) in [6, 6.07) is 13.2. The molecule has 7 heteroatoms. The highest BCUT2D eigenvalue weighted by Gasteiger charge is 2.78. The van der Waals surface area contributed by atoms with Gasteiger partial charge in [-0.1, -0.05) is 41.9 Å². The number of benzene rings is 1. The predicted octanol–water partition coefficient (Wildman–Crippen LogP) is 3.81. The molecule has 3 rings (SSSR count). The van der Waals surface area contributed by atoms with E-state index in [1.165, 1.54) is 0 Å². The van der Waals surface area contributed by atoms with E-state index < -0.39 is 28.6 Å². The van der Waals surface area contributed by atoms with E-state index in [0.29, 0.717) is 12.0 Å². The Morgan fingerprint density at radius 3 is 2.44 bits per heavy atom. The molecule has 0 spiro atoms. The van der Waals surface area contributed by atoms with Crippen LogP contribution in [0.4, 0.5) is 0 Å². The van der Waals surface area contributed by atoms with E-state index in [1.54, 1.807) is 25.1 Å². The van der Waals surface area contributed by atoms with Crippen molar-refractivity contribution in [2.24, 2.45) is 16.7 Å². The number of halogens is 1. The molecule has 2 fully saturated rings. The molecule has 6 nitrogen and oxygen atoms in total. The lowest BCUT2D eigenvalue weighted by molar-refractivity contribution is -0.280. The molecule has 0 aliphatic carbocycles. The van der Waals surface area contributed by atoms with E-state index in [1.807, 2.05) is 25.1 Å². The van der Waals surface area contributed by atoms with Crippen LogP contribution in [0, 0.1) is 56.2 Å². The van der Waals surface area contributed by atoms with Crippen LogP contribution in [-0.4, -0.2) is 11.7 Å². The summed E-state index contributed by atoms with van der Waals surface area (Å²) in [6.07, 6.45) is -0.629. The van der Waals surface area contributed by atoms with Crippen LogP contribution < -0.4 is 0 Å².